The Morgan fingerprint density at radius 1 is 1.04 bits per heavy atom. The highest BCUT2D eigenvalue weighted by Crippen LogP contribution is 2.45. The van der Waals surface area contributed by atoms with Gasteiger partial charge in [0.1, 0.15) is 5.75 Å². The van der Waals surface area contributed by atoms with Gasteiger partial charge in [-0.25, -0.2) is 0 Å². The summed E-state index contributed by atoms with van der Waals surface area (Å²) in [6, 6.07) is 17.4. The molecule has 2 aromatic rings. The second-order valence-electron chi connectivity index (χ2n) is 7.52. The predicted octanol–water partition coefficient (Wildman–Crippen LogP) is 4.68. The highest BCUT2D eigenvalue weighted by molar-refractivity contribution is 5.46. The summed E-state index contributed by atoms with van der Waals surface area (Å²) in [6.45, 7) is 6.73. The van der Waals surface area contributed by atoms with Gasteiger partial charge in [0, 0.05) is 24.6 Å². The maximum Gasteiger partial charge on any atom is 0.123 e. The summed E-state index contributed by atoms with van der Waals surface area (Å²) in [5.41, 5.74) is 4.45. The molecule has 1 aliphatic carbocycles. The van der Waals surface area contributed by atoms with Gasteiger partial charge in [0.15, 0.2) is 0 Å². The molecule has 1 aliphatic heterocycles. The van der Waals surface area contributed by atoms with Gasteiger partial charge in [-0.05, 0) is 55.3 Å². The van der Waals surface area contributed by atoms with Crippen LogP contribution in [-0.4, -0.2) is 31.1 Å². The Hall–Kier alpha value is -1.80. The van der Waals surface area contributed by atoms with Crippen LogP contribution in [0.1, 0.15) is 42.4 Å². The maximum atomic E-state index is 6.28. The molecule has 2 heteroatoms. The molecular weight excluding hydrogens is 306 g/mol. The molecule has 0 spiro atoms. The van der Waals surface area contributed by atoms with Crippen molar-refractivity contribution in [2.24, 2.45) is 5.92 Å². The molecule has 0 unspecified atom stereocenters. The number of ether oxygens (including phenoxy) is 1. The number of hydrogen-bond donors (Lipinski definition) is 0. The summed E-state index contributed by atoms with van der Waals surface area (Å²) in [5, 5.41) is 0. The van der Waals surface area contributed by atoms with E-state index in [0.29, 0.717) is 5.92 Å². The van der Waals surface area contributed by atoms with E-state index in [1.807, 2.05) is 0 Å². The fourth-order valence-corrected chi connectivity index (χ4v) is 4.64. The van der Waals surface area contributed by atoms with Crippen molar-refractivity contribution in [1.82, 2.24) is 4.90 Å². The molecule has 25 heavy (non-hydrogen) atoms. The average Bonchev–Trinajstić information content (AvgIpc) is 3.09. The van der Waals surface area contributed by atoms with E-state index in [2.05, 4.69) is 60.4 Å². The number of hydrogen-bond acceptors (Lipinski definition) is 2. The molecule has 1 fully saturated rings. The molecule has 2 aromatic carbocycles. The number of rotatable bonds is 6. The van der Waals surface area contributed by atoms with E-state index in [9.17, 15) is 0 Å². The quantitative estimate of drug-likeness (QED) is 0.711. The zero-order valence-corrected chi connectivity index (χ0v) is 15.3. The van der Waals surface area contributed by atoms with E-state index in [0.717, 1.165) is 31.1 Å². The number of fused-ring (bicyclic) bond motifs is 3. The lowest BCUT2D eigenvalue weighted by atomic mass is 9.76. The lowest BCUT2D eigenvalue weighted by molar-refractivity contribution is 0.300. The first-order valence-corrected chi connectivity index (χ1v) is 9.86. The van der Waals surface area contributed by atoms with E-state index in [-0.39, 0.29) is 0 Å². The topological polar surface area (TPSA) is 12.5 Å². The molecule has 2 atom stereocenters. The monoisotopic (exact) mass is 335 g/mol. The molecule has 132 valence electrons. The summed E-state index contributed by atoms with van der Waals surface area (Å²) in [7, 11) is 0. The van der Waals surface area contributed by atoms with Crippen LogP contribution in [0.3, 0.4) is 0 Å². The number of nitrogens with zero attached hydrogens (tertiary/aromatic N) is 1. The minimum atomic E-state index is 0.675. The highest BCUT2D eigenvalue weighted by atomic mass is 16.5. The fraction of sp³-hybridized carbons (Fsp3) is 0.478. The Labute approximate surface area is 151 Å². The van der Waals surface area contributed by atoms with E-state index in [1.165, 1.54) is 49.2 Å². The van der Waals surface area contributed by atoms with Crippen molar-refractivity contribution in [1.29, 1.82) is 0 Å². The van der Waals surface area contributed by atoms with Gasteiger partial charge in [-0.2, -0.15) is 0 Å². The minimum Gasteiger partial charge on any atom is -0.493 e. The first-order chi connectivity index (χ1) is 12.3. The molecule has 1 saturated heterocycles. The molecule has 0 amide bonds. The van der Waals surface area contributed by atoms with Gasteiger partial charge in [0.2, 0.25) is 0 Å². The molecule has 4 rings (SSSR count). The third-order valence-corrected chi connectivity index (χ3v) is 5.99. The van der Waals surface area contributed by atoms with Crippen molar-refractivity contribution in [3.05, 3.63) is 65.2 Å². The first-order valence-electron chi connectivity index (χ1n) is 9.86. The molecule has 0 N–H and O–H groups in total. The van der Waals surface area contributed by atoms with Gasteiger partial charge in [-0.1, -0.05) is 49.4 Å². The Bertz CT molecular complexity index is 696. The van der Waals surface area contributed by atoms with Crippen LogP contribution in [0.25, 0.3) is 0 Å². The van der Waals surface area contributed by atoms with Crippen molar-refractivity contribution in [3.63, 3.8) is 0 Å². The van der Waals surface area contributed by atoms with Gasteiger partial charge in [0.05, 0.1) is 6.61 Å². The Morgan fingerprint density at radius 3 is 2.76 bits per heavy atom. The maximum absolute atomic E-state index is 6.28. The number of likely N-dealkylation sites (N-methyl/N-ethyl adjacent to an activating group) is 1. The van der Waals surface area contributed by atoms with E-state index in [1.54, 1.807) is 0 Å². The lowest BCUT2D eigenvalue weighted by Gasteiger charge is -2.29. The molecule has 0 aromatic heterocycles. The smallest absolute Gasteiger partial charge is 0.123 e. The van der Waals surface area contributed by atoms with Crippen LogP contribution < -0.4 is 4.74 Å². The van der Waals surface area contributed by atoms with E-state index in [4.69, 9.17) is 4.74 Å². The Morgan fingerprint density at radius 2 is 1.92 bits per heavy atom. The van der Waals surface area contributed by atoms with Gasteiger partial charge in [-0.3, -0.25) is 0 Å². The number of aryl methyl sites for hydroxylation is 2. The Balaban J connectivity index is 1.43. The van der Waals surface area contributed by atoms with E-state index < -0.39 is 0 Å². The van der Waals surface area contributed by atoms with Gasteiger partial charge in [0.25, 0.3) is 0 Å². The second kappa shape index (κ2) is 7.61. The van der Waals surface area contributed by atoms with Crippen LogP contribution in [0.15, 0.2) is 48.5 Å². The number of benzene rings is 2. The van der Waals surface area contributed by atoms with Crippen LogP contribution >= 0.6 is 0 Å². The van der Waals surface area contributed by atoms with Crippen LogP contribution in [0.2, 0.25) is 0 Å². The van der Waals surface area contributed by atoms with Crippen LogP contribution in [-0.2, 0) is 12.8 Å². The zero-order chi connectivity index (χ0) is 17.1. The second-order valence-corrected chi connectivity index (χ2v) is 7.52. The van der Waals surface area contributed by atoms with Crippen LogP contribution in [0.4, 0.5) is 0 Å². The molecule has 0 saturated carbocycles. The van der Waals surface area contributed by atoms with Gasteiger partial charge in [-0.15, -0.1) is 0 Å². The van der Waals surface area contributed by atoms with Crippen LogP contribution in [0, 0.1) is 5.92 Å². The van der Waals surface area contributed by atoms with Gasteiger partial charge >= 0.3 is 0 Å². The molecule has 2 nitrogen and oxygen atoms in total. The predicted molar refractivity (Wildman–Crippen MR) is 103 cm³/mol. The van der Waals surface area contributed by atoms with E-state index >= 15 is 0 Å². The highest BCUT2D eigenvalue weighted by Gasteiger charge is 2.38. The Kier molecular flexibility index (Phi) is 5.07. The van der Waals surface area contributed by atoms with Crippen molar-refractivity contribution in [2.75, 3.05) is 26.2 Å². The summed E-state index contributed by atoms with van der Waals surface area (Å²) in [5.74, 6) is 2.65. The summed E-state index contributed by atoms with van der Waals surface area (Å²) in [4.78, 5) is 2.61. The molecule has 2 aliphatic rings. The van der Waals surface area contributed by atoms with Gasteiger partial charge < -0.3 is 9.64 Å². The summed E-state index contributed by atoms with van der Waals surface area (Å²) < 4.78 is 6.28. The van der Waals surface area contributed by atoms with Crippen molar-refractivity contribution < 1.29 is 4.74 Å². The SMILES string of the molecule is CCN1C[C@@H]2CCc3cccc(OCCCc4ccccc4)c3[C@@H]2C1. The first kappa shape index (κ1) is 16.7. The fourth-order valence-electron chi connectivity index (χ4n) is 4.64. The third-order valence-electron chi connectivity index (χ3n) is 5.99. The van der Waals surface area contributed by atoms with Crippen molar-refractivity contribution >= 4 is 0 Å². The summed E-state index contributed by atoms with van der Waals surface area (Å²) >= 11 is 0. The van der Waals surface area contributed by atoms with Crippen molar-refractivity contribution in [2.45, 2.75) is 38.5 Å². The lowest BCUT2D eigenvalue weighted by Crippen LogP contribution is -2.20. The van der Waals surface area contributed by atoms with Crippen molar-refractivity contribution in [3.8, 4) is 5.75 Å². The minimum absolute atomic E-state index is 0.675. The largest absolute Gasteiger partial charge is 0.493 e. The average molecular weight is 335 g/mol. The summed E-state index contributed by atoms with van der Waals surface area (Å²) in [6.07, 6.45) is 4.72. The molecule has 1 heterocycles. The standard InChI is InChI=1S/C23H29NO/c1-2-24-16-20-14-13-19-11-6-12-22(23(19)21(20)17-24)25-15-7-10-18-8-4-3-5-9-18/h3-6,8-9,11-12,20-21H,2,7,10,13-17H2,1H3/t20-,21+/m0/s1. The third kappa shape index (κ3) is 3.59. The molecular formula is C23H29NO. The molecule has 0 bridgehead atoms. The van der Waals surface area contributed by atoms with Crippen LogP contribution in [0.5, 0.6) is 5.75 Å². The number of likely N-dealkylation sites (tertiary alicyclic amines) is 1. The normalized spacial score (nSPS) is 22.4. The zero-order valence-electron chi connectivity index (χ0n) is 15.3. The molecule has 0 radical (unpaired) electrons.